The van der Waals surface area contributed by atoms with E-state index in [0.29, 0.717) is 10.6 Å². The fourth-order valence-electron chi connectivity index (χ4n) is 2.39. The minimum atomic E-state index is -3.20. The SMILES string of the molecule is CCC1(CC)CNc2c(cccc2S(C)(=O)=O)N1. The lowest BCUT2D eigenvalue weighted by Gasteiger charge is -2.40. The van der Waals surface area contributed by atoms with Gasteiger partial charge in [0.15, 0.2) is 9.84 Å². The quantitative estimate of drug-likeness (QED) is 0.884. The first kappa shape index (κ1) is 13.2. The molecular weight excluding hydrogens is 248 g/mol. The summed E-state index contributed by atoms with van der Waals surface area (Å²) in [4.78, 5) is 0.369. The second kappa shape index (κ2) is 4.46. The van der Waals surface area contributed by atoms with E-state index in [9.17, 15) is 8.42 Å². The number of anilines is 2. The number of hydrogen-bond acceptors (Lipinski definition) is 4. The Kier molecular flexibility index (Phi) is 3.27. The van der Waals surface area contributed by atoms with Crippen molar-refractivity contribution in [2.24, 2.45) is 0 Å². The Hall–Kier alpha value is -1.23. The molecule has 4 nitrogen and oxygen atoms in total. The predicted molar refractivity (Wildman–Crippen MR) is 75.0 cm³/mol. The Labute approximate surface area is 109 Å². The Bertz CT molecular complexity index is 548. The van der Waals surface area contributed by atoms with Crippen molar-refractivity contribution < 1.29 is 8.42 Å². The normalized spacial score (nSPS) is 17.5. The molecule has 0 saturated carbocycles. The van der Waals surface area contributed by atoms with E-state index in [1.165, 1.54) is 6.26 Å². The first-order valence-electron chi connectivity index (χ1n) is 6.27. The van der Waals surface area contributed by atoms with Crippen molar-refractivity contribution in [2.75, 3.05) is 23.4 Å². The third kappa shape index (κ3) is 2.19. The van der Waals surface area contributed by atoms with Crippen LogP contribution in [0.15, 0.2) is 23.1 Å². The van der Waals surface area contributed by atoms with E-state index in [1.54, 1.807) is 12.1 Å². The van der Waals surface area contributed by atoms with Crippen molar-refractivity contribution in [2.45, 2.75) is 37.1 Å². The van der Waals surface area contributed by atoms with Crippen LogP contribution in [0, 0.1) is 0 Å². The summed E-state index contributed by atoms with van der Waals surface area (Å²) in [6.45, 7) is 5.03. The summed E-state index contributed by atoms with van der Waals surface area (Å²) in [6, 6.07) is 5.36. The van der Waals surface area contributed by atoms with Crippen LogP contribution in [-0.4, -0.2) is 26.8 Å². The number of fused-ring (bicyclic) bond motifs is 1. The molecule has 0 atom stereocenters. The first-order valence-corrected chi connectivity index (χ1v) is 8.16. The van der Waals surface area contributed by atoms with Gasteiger partial charge in [0.05, 0.1) is 21.8 Å². The van der Waals surface area contributed by atoms with E-state index in [1.807, 2.05) is 6.07 Å². The Morgan fingerprint density at radius 3 is 2.50 bits per heavy atom. The van der Waals surface area contributed by atoms with E-state index in [-0.39, 0.29) is 5.54 Å². The second-order valence-corrected chi connectivity index (χ2v) is 6.90. The number of hydrogen-bond donors (Lipinski definition) is 2. The van der Waals surface area contributed by atoms with Crippen LogP contribution in [0.5, 0.6) is 0 Å². The lowest BCUT2D eigenvalue weighted by Crippen LogP contribution is -2.47. The van der Waals surface area contributed by atoms with E-state index >= 15 is 0 Å². The number of nitrogens with one attached hydrogen (secondary N) is 2. The van der Waals surface area contributed by atoms with Gasteiger partial charge in [-0.2, -0.15) is 0 Å². The molecule has 5 heteroatoms. The summed E-state index contributed by atoms with van der Waals surface area (Å²) in [6.07, 6.45) is 3.24. The Morgan fingerprint density at radius 2 is 1.94 bits per heavy atom. The largest absolute Gasteiger partial charge is 0.380 e. The maximum absolute atomic E-state index is 11.7. The molecule has 1 aliphatic heterocycles. The van der Waals surface area contributed by atoms with Crippen molar-refractivity contribution in [3.63, 3.8) is 0 Å². The first-order chi connectivity index (χ1) is 8.42. The molecule has 0 spiro atoms. The zero-order chi connectivity index (χ0) is 13.4. The molecule has 0 unspecified atom stereocenters. The fraction of sp³-hybridized carbons (Fsp3) is 0.538. The highest BCUT2D eigenvalue weighted by molar-refractivity contribution is 7.90. The molecule has 0 amide bonds. The van der Waals surface area contributed by atoms with Gasteiger partial charge in [0.25, 0.3) is 0 Å². The zero-order valence-corrected chi connectivity index (χ0v) is 11.9. The smallest absolute Gasteiger partial charge is 0.177 e. The number of rotatable bonds is 3. The average molecular weight is 268 g/mol. The van der Waals surface area contributed by atoms with Crippen LogP contribution in [0.1, 0.15) is 26.7 Å². The fourth-order valence-corrected chi connectivity index (χ4v) is 3.27. The molecule has 1 aromatic carbocycles. The molecule has 100 valence electrons. The number of para-hydroxylation sites is 1. The van der Waals surface area contributed by atoms with Gasteiger partial charge in [0, 0.05) is 12.8 Å². The number of benzene rings is 1. The highest BCUT2D eigenvalue weighted by atomic mass is 32.2. The highest BCUT2D eigenvalue weighted by Crippen LogP contribution is 2.37. The third-order valence-corrected chi connectivity index (χ3v) is 4.92. The van der Waals surface area contributed by atoms with Gasteiger partial charge >= 0.3 is 0 Å². The lowest BCUT2D eigenvalue weighted by molar-refractivity contribution is 0.450. The van der Waals surface area contributed by atoms with Crippen molar-refractivity contribution in [1.82, 2.24) is 0 Å². The number of sulfone groups is 1. The maximum atomic E-state index is 11.7. The minimum Gasteiger partial charge on any atom is -0.380 e. The second-order valence-electron chi connectivity index (χ2n) is 4.92. The van der Waals surface area contributed by atoms with Gasteiger partial charge in [-0.3, -0.25) is 0 Å². The summed E-state index contributed by atoms with van der Waals surface area (Å²) < 4.78 is 23.5. The zero-order valence-electron chi connectivity index (χ0n) is 11.1. The van der Waals surface area contributed by atoms with Crippen LogP contribution in [0.3, 0.4) is 0 Å². The average Bonchev–Trinajstić information content (AvgIpc) is 2.36. The van der Waals surface area contributed by atoms with Gasteiger partial charge in [0.1, 0.15) is 0 Å². The summed E-state index contributed by atoms with van der Waals surface area (Å²) in [5.74, 6) is 0. The van der Waals surface area contributed by atoms with Crippen molar-refractivity contribution in [1.29, 1.82) is 0 Å². The van der Waals surface area contributed by atoms with Crippen molar-refractivity contribution in [3.05, 3.63) is 18.2 Å². The van der Waals surface area contributed by atoms with Crippen LogP contribution in [-0.2, 0) is 9.84 Å². The third-order valence-electron chi connectivity index (χ3n) is 3.78. The maximum Gasteiger partial charge on any atom is 0.177 e. The molecule has 2 rings (SSSR count). The molecule has 0 bridgehead atoms. The molecule has 1 aromatic rings. The molecule has 0 aliphatic carbocycles. The van der Waals surface area contributed by atoms with Gasteiger partial charge in [-0.1, -0.05) is 19.9 Å². The van der Waals surface area contributed by atoms with Gasteiger partial charge in [-0.15, -0.1) is 0 Å². The standard InChI is InChI=1S/C13H20N2O2S/c1-4-13(5-2)9-14-12-10(15-13)7-6-8-11(12)18(3,16)17/h6-8,14-15H,4-5,9H2,1-3H3. The van der Waals surface area contributed by atoms with Crippen LogP contribution in [0.2, 0.25) is 0 Å². The van der Waals surface area contributed by atoms with Gasteiger partial charge in [-0.25, -0.2) is 8.42 Å². The van der Waals surface area contributed by atoms with E-state index in [2.05, 4.69) is 24.5 Å². The van der Waals surface area contributed by atoms with Crippen molar-refractivity contribution >= 4 is 21.2 Å². The molecule has 0 radical (unpaired) electrons. The lowest BCUT2D eigenvalue weighted by atomic mass is 9.90. The Morgan fingerprint density at radius 1 is 1.28 bits per heavy atom. The summed E-state index contributed by atoms with van der Waals surface area (Å²) >= 11 is 0. The van der Waals surface area contributed by atoms with Crippen molar-refractivity contribution in [3.8, 4) is 0 Å². The monoisotopic (exact) mass is 268 g/mol. The van der Waals surface area contributed by atoms with Crippen LogP contribution < -0.4 is 10.6 Å². The molecule has 2 N–H and O–H groups in total. The summed E-state index contributed by atoms with van der Waals surface area (Å²) in [5, 5.41) is 6.78. The molecule has 1 aliphatic rings. The van der Waals surface area contributed by atoms with Crippen LogP contribution >= 0.6 is 0 Å². The molecule has 18 heavy (non-hydrogen) atoms. The van der Waals surface area contributed by atoms with Gasteiger partial charge < -0.3 is 10.6 Å². The van der Waals surface area contributed by atoms with Gasteiger partial charge in [0.2, 0.25) is 0 Å². The van der Waals surface area contributed by atoms with E-state index < -0.39 is 9.84 Å². The van der Waals surface area contributed by atoms with E-state index in [0.717, 1.165) is 25.1 Å². The Balaban J connectivity index is 2.48. The summed E-state index contributed by atoms with van der Waals surface area (Å²) in [7, 11) is -3.20. The van der Waals surface area contributed by atoms with Gasteiger partial charge in [-0.05, 0) is 25.0 Å². The molecule has 0 saturated heterocycles. The minimum absolute atomic E-state index is 0.0170. The molecular formula is C13H20N2O2S. The molecule has 0 aromatic heterocycles. The summed E-state index contributed by atoms with van der Waals surface area (Å²) in [5.41, 5.74) is 1.61. The predicted octanol–water partition coefficient (Wildman–Crippen LogP) is 2.49. The highest BCUT2D eigenvalue weighted by Gasteiger charge is 2.32. The van der Waals surface area contributed by atoms with E-state index in [4.69, 9.17) is 0 Å². The topological polar surface area (TPSA) is 58.2 Å². The molecule has 1 heterocycles. The van der Waals surface area contributed by atoms with Crippen LogP contribution in [0.4, 0.5) is 11.4 Å². The molecule has 0 fully saturated rings. The van der Waals surface area contributed by atoms with Crippen LogP contribution in [0.25, 0.3) is 0 Å².